The molecule has 3 heteroatoms. The third kappa shape index (κ3) is 1.68. The lowest BCUT2D eigenvalue weighted by molar-refractivity contribution is -0.326. The minimum atomic E-state index is -1.69. The van der Waals surface area contributed by atoms with E-state index in [2.05, 4.69) is 0 Å². The maximum atomic E-state index is 10.1. The summed E-state index contributed by atoms with van der Waals surface area (Å²) in [5, 5.41) is 19.1. The van der Waals surface area contributed by atoms with E-state index in [-0.39, 0.29) is 5.92 Å². The van der Waals surface area contributed by atoms with Gasteiger partial charge in [0, 0.05) is 0 Å². The third-order valence-electron chi connectivity index (χ3n) is 1.54. The molecule has 0 amide bonds. The average molecular weight is 131 g/mol. The lowest BCUT2D eigenvalue weighted by Gasteiger charge is -2.28. The number of aliphatic carboxylic acids is 1. The standard InChI is InChI=1S/C6H12O3/c1-4(2)6(3,9)5(7)8/h4,9H,1-3H3,(H,7,8)/p-1. The molecule has 0 heterocycles. The first-order valence-electron chi connectivity index (χ1n) is 2.83. The van der Waals surface area contributed by atoms with E-state index in [4.69, 9.17) is 5.11 Å². The summed E-state index contributed by atoms with van der Waals surface area (Å²) in [5.74, 6) is -1.74. The second-order valence-corrected chi connectivity index (χ2v) is 2.59. The number of carboxylic acids is 1. The summed E-state index contributed by atoms with van der Waals surface area (Å²) in [6, 6.07) is 0. The van der Waals surface area contributed by atoms with Crippen molar-refractivity contribution in [2.45, 2.75) is 26.4 Å². The number of carboxylic acid groups (broad SMARTS) is 1. The Bertz CT molecular complexity index is 115. The van der Waals surface area contributed by atoms with Crippen molar-refractivity contribution in [2.75, 3.05) is 0 Å². The van der Waals surface area contributed by atoms with Crippen LogP contribution in [0.3, 0.4) is 0 Å². The average Bonchev–Trinajstić information content (AvgIpc) is 1.65. The molecule has 0 rings (SSSR count). The summed E-state index contributed by atoms with van der Waals surface area (Å²) in [6.45, 7) is 4.47. The highest BCUT2D eigenvalue weighted by atomic mass is 16.4. The number of hydrogen-bond acceptors (Lipinski definition) is 3. The van der Waals surface area contributed by atoms with Gasteiger partial charge in [0.2, 0.25) is 0 Å². The topological polar surface area (TPSA) is 60.4 Å². The van der Waals surface area contributed by atoms with Crippen molar-refractivity contribution in [1.29, 1.82) is 0 Å². The fraction of sp³-hybridized carbons (Fsp3) is 0.833. The van der Waals surface area contributed by atoms with Gasteiger partial charge >= 0.3 is 0 Å². The van der Waals surface area contributed by atoms with Crippen molar-refractivity contribution in [3.05, 3.63) is 0 Å². The fourth-order valence-electron chi connectivity index (χ4n) is 0.236. The van der Waals surface area contributed by atoms with E-state index in [0.29, 0.717) is 0 Å². The lowest BCUT2D eigenvalue weighted by atomic mass is 9.93. The van der Waals surface area contributed by atoms with Crippen LogP contribution >= 0.6 is 0 Å². The highest BCUT2D eigenvalue weighted by molar-refractivity contribution is 5.74. The number of rotatable bonds is 2. The van der Waals surface area contributed by atoms with Crippen LogP contribution in [0.2, 0.25) is 0 Å². The molecule has 0 saturated carbocycles. The molecule has 0 fully saturated rings. The molecule has 0 saturated heterocycles. The largest absolute Gasteiger partial charge is 0.547 e. The molecule has 0 aliphatic heterocycles. The lowest BCUT2D eigenvalue weighted by Crippen LogP contribution is -2.49. The van der Waals surface area contributed by atoms with Crippen LogP contribution in [0.4, 0.5) is 0 Å². The van der Waals surface area contributed by atoms with Gasteiger partial charge in [0.15, 0.2) is 0 Å². The number of aliphatic hydroxyl groups is 1. The Kier molecular flexibility index (Phi) is 2.20. The second kappa shape index (κ2) is 2.35. The zero-order chi connectivity index (χ0) is 7.65. The van der Waals surface area contributed by atoms with Gasteiger partial charge in [-0.1, -0.05) is 13.8 Å². The van der Waals surface area contributed by atoms with E-state index in [1.807, 2.05) is 0 Å². The molecule has 3 nitrogen and oxygen atoms in total. The minimum absolute atomic E-state index is 0.317. The molecule has 0 radical (unpaired) electrons. The Morgan fingerprint density at radius 1 is 1.67 bits per heavy atom. The van der Waals surface area contributed by atoms with E-state index in [1.165, 1.54) is 6.92 Å². The Morgan fingerprint density at radius 3 is 2.00 bits per heavy atom. The van der Waals surface area contributed by atoms with Crippen molar-refractivity contribution in [3.63, 3.8) is 0 Å². The highest BCUT2D eigenvalue weighted by Gasteiger charge is 2.25. The minimum Gasteiger partial charge on any atom is -0.547 e. The Hall–Kier alpha value is -0.570. The number of carbonyl (C=O) groups excluding carboxylic acids is 1. The summed E-state index contributed by atoms with van der Waals surface area (Å²) < 4.78 is 0. The first-order valence-corrected chi connectivity index (χ1v) is 2.83. The van der Waals surface area contributed by atoms with Crippen molar-refractivity contribution in [3.8, 4) is 0 Å². The predicted octanol–water partition coefficient (Wildman–Crippen LogP) is -0.857. The van der Waals surface area contributed by atoms with E-state index >= 15 is 0 Å². The maximum absolute atomic E-state index is 10.1. The van der Waals surface area contributed by atoms with Gasteiger partial charge in [-0.2, -0.15) is 0 Å². The van der Waals surface area contributed by atoms with E-state index < -0.39 is 11.6 Å². The molecule has 1 N–H and O–H groups in total. The predicted molar refractivity (Wildman–Crippen MR) is 30.5 cm³/mol. The number of hydrogen-bond donors (Lipinski definition) is 1. The van der Waals surface area contributed by atoms with Gasteiger partial charge in [-0.25, -0.2) is 0 Å². The molecular weight excluding hydrogens is 120 g/mol. The van der Waals surface area contributed by atoms with E-state index in [1.54, 1.807) is 13.8 Å². The Labute approximate surface area is 54.3 Å². The SMILES string of the molecule is CC(C)C(C)(O)C(=O)[O-]. The van der Waals surface area contributed by atoms with Crippen molar-refractivity contribution in [1.82, 2.24) is 0 Å². The molecule has 9 heavy (non-hydrogen) atoms. The molecule has 0 spiro atoms. The molecule has 0 bridgehead atoms. The van der Waals surface area contributed by atoms with Crippen LogP contribution in [0.5, 0.6) is 0 Å². The van der Waals surface area contributed by atoms with Crippen LogP contribution in [0, 0.1) is 5.92 Å². The summed E-state index contributed by atoms with van der Waals surface area (Å²) in [7, 11) is 0. The van der Waals surface area contributed by atoms with Gasteiger partial charge in [0.25, 0.3) is 0 Å². The van der Waals surface area contributed by atoms with Gasteiger partial charge in [-0.05, 0) is 12.8 Å². The van der Waals surface area contributed by atoms with Crippen LogP contribution in [0.1, 0.15) is 20.8 Å². The zero-order valence-corrected chi connectivity index (χ0v) is 5.84. The highest BCUT2D eigenvalue weighted by Crippen LogP contribution is 2.13. The van der Waals surface area contributed by atoms with E-state index in [9.17, 15) is 9.90 Å². The molecular formula is C6H11O3-. The fourth-order valence-corrected chi connectivity index (χ4v) is 0.236. The van der Waals surface area contributed by atoms with Crippen molar-refractivity contribution >= 4 is 5.97 Å². The van der Waals surface area contributed by atoms with Crippen molar-refractivity contribution in [2.24, 2.45) is 5.92 Å². The quantitative estimate of drug-likeness (QED) is 0.530. The molecule has 0 aliphatic carbocycles. The molecule has 0 aliphatic rings. The molecule has 1 atom stereocenters. The summed E-state index contributed by atoms with van der Waals surface area (Å²) in [5.41, 5.74) is -1.69. The second-order valence-electron chi connectivity index (χ2n) is 2.59. The normalized spacial score (nSPS) is 17.4. The van der Waals surface area contributed by atoms with Crippen LogP contribution in [0.25, 0.3) is 0 Å². The van der Waals surface area contributed by atoms with E-state index in [0.717, 1.165) is 0 Å². The molecule has 0 aromatic carbocycles. The maximum Gasteiger partial charge on any atom is 0.103 e. The van der Waals surface area contributed by atoms with Crippen LogP contribution in [0.15, 0.2) is 0 Å². The van der Waals surface area contributed by atoms with Crippen molar-refractivity contribution < 1.29 is 15.0 Å². The van der Waals surface area contributed by atoms with Gasteiger partial charge in [0.05, 0.1) is 5.97 Å². The van der Waals surface area contributed by atoms with Gasteiger partial charge in [-0.15, -0.1) is 0 Å². The summed E-state index contributed by atoms with van der Waals surface area (Å²) >= 11 is 0. The monoisotopic (exact) mass is 131 g/mol. The molecule has 1 unspecified atom stereocenters. The third-order valence-corrected chi connectivity index (χ3v) is 1.54. The van der Waals surface area contributed by atoms with Crippen LogP contribution in [-0.4, -0.2) is 16.7 Å². The molecule has 0 aromatic heterocycles. The zero-order valence-electron chi connectivity index (χ0n) is 5.84. The van der Waals surface area contributed by atoms with Gasteiger partial charge in [-0.3, -0.25) is 0 Å². The summed E-state index contributed by atoms with van der Waals surface area (Å²) in [4.78, 5) is 10.1. The van der Waals surface area contributed by atoms with Crippen LogP contribution in [-0.2, 0) is 4.79 Å². The Balaban J connectivity index is 4.19. The van der Waals surface area contributed by atoms with Crippen LogP contribution < -0.4 is 5.11 Å². The van der Waals surface area contributed by atoms with Gasteiger partial charge < -0.3 is 15.0 Å². The Morgan fingerprint density at radius 2 is 2.00 bits per heavy atom. The molecule has 0 aromatic rings. The molecule has 54 valence electrons. The first kappa shape index (κ1) is 8.43. The van der Waals surface area contributed by atoms with Gasteiger partial charge in [0.1, 0.15) is 5.60 Å². The summed E-state index contributed by atoms with van der Waals surface area (Å²) in [6.07, 6.45) is 0. The first-order chi connectivity index (χ1) is 3.89. The smallest absolute Gasteiger partial charge is 0.103 e. The number of carbonyl (C=O) groups is 1.